The first-order valence-electron chi connectivity index (χ1n) is 6.47. The van der Waals surface area contributed by atoms with Crippen LogP contribution in [0.25, 0.3) is 0 Å². The highest BCUT2D eigenvalue weighted by Gasteiger charge is 2.20. The number of rotatable bonds is 6. The first-order valence-corrected chi connectivity index (χ1v) is 6.47. The van der Waals surface area contributed by atoms with E-state index in [2.05, 4.69) is 31.1 Å². The van der Waals surface area contributed by atoms with Crippen molar-refractivity contribution in [3.05, 3.63) is 23.9 Å². The second-order valence-corrected chi connectivity index (χ2v) is 5.34. The number of hydrogen-bond acceptors (Lipinski definition) is 3. The molecule has 0 radical (unpaired) electrons. The van der Waals surface area contributed by atoms with E-state index in [9.17, 15) is 0 Å². The van der Waals surface area contributed by atoms with Crippen molar-refractivity contribution in [2.75, 3.05) is 0 Å². The molecule has 0 spiro atoms. The molecule has 1 aromatic heterocycles. The van der Waals surface area contributed by atoms with E-state index < -0.39 is 0 Å². The van der Waals surface area contributed by atoms with Gasteiger partial charge in [0, 0.05) is 18.7 Å². The summed E-state index contributed by atoms with van der Waals surface area (Å²) in [6.07, 6.45) is 3.58. The molecule has 0 amide bonds. The van der Waals surface area contributed by atoms with Crippen molar-refractivity contribution >= 4 is 0 Å². The maximum Gasteiger partial charge on any atom is 0.214 e. The molecule has 0 atom stereocenters. The highest BCUT2D eigenvalue weighted by molar-refractivity contribution is 5.16. The second-order valence-electron chi connectivity index (χ2n) is 5.34. The Hall–Kier alpha value is -1.09. The fourth-order valence-electron chi connectivity index (χ4n) is 1.50. The van der Waals surface area contributed by atoms with E-state index in [0.29, 0.717) is 6.04 Å². The van der Waals surface area contributed by atoms with Gasteiger partial charge in [0.15, 0.2) is 0 Å². The molecular weight excluding hydrogens is 212 g/mol. The largest absolute Gasteiger partial charge is 0.472 e. The standard InChI is InChI=1S/C14H22N2O/c1-4-14(2,3)17-13-7-5-6-12(16-13)10-15-11-8-9-11/h5-7,11,15H,4,8-10H2,1-3H3. The Morgan fingerprint density at radius 2 is 2.18 bits per heavy atom. The van der Waals surface area contributed by atoms with Crippen LogP contribution in [0.2, 0.25) is 0 Å². The molecule has 0 unspecified atom stereocenters. The molecule has 1 N–H and O–H groups in total. The summed E-state index contributed by atoms with van der Waals surface area (Å²) in [6, 6.07) is 6.70. The smallest absolute Gasteiger partial charge is 0.214 e. The van der Waals surface area contributed by atoms with Gasteiger partial charge in [-0.25, -0.2) is 4.98 Å². The van der Waals surface area contributed by atoms with Crippen LogP contribution in [-0.2, 0) is 6.54 Å². The Bertz CT molecular complexity index is 372. The van der Waals surface area contributed by atoms with E-state index >= 15 is 0 Å². The van der Waals surface area contributed by atoms with Crippen LogP contribution in [0.1, 0.15) is 45.7 Å². The average Bonchev–Trinajstić information content (AvgIpc) is 3.10. The van der Waals surface area contributed by atoms with Crippen LogP contribution in [0.3, 0.4) is 0 Å². The van der Waals surface area contributed by atoms with Gasteiger partial charge in [-0.2, -0.15) is 0 Å². The quantitative estimate of drug-likeness (QED) is 0.821. The van der Waals surface area contributed by atoms with Crippen molar-refractivity contribution in [2.45, 2.75) is 58.2 Å². The van der Waals surface area contributed by atoms with Crippen LogP contribution in [0.15, 0.2) is 18.2 Å². The summed E-state index contributed by atoms with van der Waals surface area (Å²) in [5, 5.41) is 3.46. The average molecular weight is 234 g/mol. The minimum Gasteiger partial charge on any atom is -0.472 e. The molecule has 1 heterocycles. The zero-order valence-electron chi connectivity index (χ0n) is 11.0. The number of ether oxygens (including phenoxy) is 1. The third-order valence-electron chi connectivity index (χ3n) is 3.16. The van der Waals surface area contributed by atoms with E-state index in [1.165, 1.54) is 12.8 Å². The fraction of sp³-hybridized carbons (Fsp3) is 0.643. The molecule has 17 heavy (non-hydrogen) atoms. The fourth-order valence-corrected chi connectivity index (χ4v) is 1.50. The van der Waals surface area contributed by atoms with Crippen molar-refractivity contribution in [2.24, 2.45) is 0 Å². The second kappa shape index (κ2) is 5.05. The van der Waals surface area contributed by atoms with Gasteiger partial charge in [0.2, 0.25) is 5.88 Å². The van der Waals surface area contributed by atoms with Crippen molar-refractivity contribution in [3.63, 3.8) is 0 Å². The van der Waals surface area contributed by atoms with Crippen molar-refractivity contribution < 1.29 is 4.74 Å². The molecule has 3 heteroatoms. The topological polar surface area (TPSA) is 34.1 Å². The molecule has 1 fully saturated rings. The normalized spacial score (nSPS) is 15.9. The predicted molar refractivity (Wildman–Crippen MR) is 69.1 cm³/mol. The Labute approximate surface area is 104 Å². The Morgan fingerprint density at radius 1 is 1.41 bits per heavy atom. The van der Waals surface area contributed by atoms with Gasteiger partial charge in [-0.1, -0.05) is 13.0 Å². The summed E-state index contributed by atoms with van der Waals surface area (Å²) in [4.78, 5) is 4.52. The van der Waals surface area contributed by atoms with E-state index in [0.717, 1.165) is 24.5 Å². The van der Waals surface area contributed by atoms with Gasteiger partial charge in [0.1, 0.15) is 5.60 Å². The van der Waals surface area contributed by atoms with Gasteiger partial charge in [0.05, 0.1) is 5.69 Å². The molecule has 2 rings (SSSR count). The first-order chi connectivity index (χ1) is 8.09. The zero-order valence-corrected chi connectivity index (χ0v) is 11.0. The van der Waals surface area contributed by atoms with Gasteiger partial charge in [-0.15, -0.1) is 0 Å². The highest BCUT2D eigenvalue weighted by Crippen LogP contribution is 2.21. The van der Waals surface area contributed by atoms with Gasteiger partial charge in [0.25, 0.3) is 0 Å². The number of aromatic nitrogens is 1. The highest BCUT2D eigenvalue weighted by atomic mass is 16.5. The van der Waals surface area contributed by atoms with Crippen molar-refractivity contribution in [1.82, 2.24) is 10.3 Å². The summed E-state index contributed by atoms with van der Waals surface area (Å²) in [5.74, 6) is 0.729. The van der Waals surface area contributed by atoms with Gasteiger partial charge < -0.3 is 10.1 Å². The lowest BCUT2D eigenvalue weighted by molar-refractivity contribution is 0.0987. The van der Waals surface area contributed by atoms with Crippen LogP contribution in [0.4, 0.5) is 0 Å². The molecule has 0 aliphatic heterocycles. The predicted octanol–water partition coefficient (Wildman–Crippen LogP) is 2.90. The number of pyridine rings is 1. The molecule has 1 saturated carbocycles. The van der Waals surface area contributed by atoms with Crippen molar-refractivity contribution in [1.29, 1.82) is 0 Å². The third kappa shape index (κ3) is 4.00. The number of hydrogen-bond donors (Lipinski definition) is 1. The molecule has 3 nitrogen and oxygen atoms in total. The summed E-state index contributed by atoms with van der Waals surface area (Å²) < 4.78 is 5.88. The maximum absolute atomic E-state index is 5.88. The minimum absolute atomic E-state index is 0.143. The monoisotopic (exact) mass is 234 g/mol. The molecule has 0 aromatic carbocycles. The molecular formula is C14H22N2O. The molecule has 1 aliphatic carbocycles. The lowest BCUT2D eigenvalue weighted by atomic mass is 10.1. The Kier molecular flexibility index (Phi) is 3.67. The van der Waals surface area contributed by atoms with Gasteiger partial charge >= 0.3 is 0 Å². The summed E-state index contributed by atoms with van der Waals surface area (Å²) >= 11 is 0. The molecule has 0 bridgehead atoms. The number of nitrogens with one attached hydrogen (secondary N) is 1. The van der Waals surface area contributed by atoms with Crippen LogP contribution >= 0.6 is 0 Å². The lowest BCUT2D eigenvalue weighted by Crippen LogP contribution is -2.27. The number of nitrogens with zero attached hydrogens (tertiary/aromatic N) is 1. The van der Waals surface area contributed by atoms with Gasteiger partial charge in [-0.05, 0) is 39.2 Å². The lowest BCUT2D eigenvalue weighted by Gasteiger charge is -2.24. The van der Waals surface area contributed by atoms with Crippen molar-refractivity contribution in [3.8, 4) is 5.88 Å². The summed E-state index contributed by atoms with van der Waals surface area (Å²) in [6.45, 7) is 7.14. The zero-order chi connectivity index (χ0) is 12.3. The third-order valence-corrected chi connectivity index (χ3v) is 3.16. The van der Waals surface area contributed by atoms with E-state index in [1.807, 2.05) is 18.2 Å². The van der Waals surface area contributed by atoms with Gasteiger partial charge in [-0.3, -0.25) is 0 Å². The van der Waals surface area contributed by atoms with Crippen LogP contribution in [0, 0.1) is 0 Å². The van der Waals surface area contributed by atoms with Crippen LogP contribution in [0.5, 0.6) is 5.88 Å². The van der Waals surface area contributed by atoms with Crippen LogP contribution in [-0.4, -0.2) is 16.6 Å². The Balaban J connectivity index is 1.95. The van der Waals surface area contributed by atoms with E-state index in [-0.39, 0.29) is 5.60 Å². The van der Waals surface area contributed by atoms with Crippen LogP contribution < -0.4 is 10.1 Å². The van der Waals surface area contributed by atoms with E-state index in [4.69, 9.17) is 4.74 Å². The van der Waals surface area contributed by atoms with E-state index in [1.54, 1.807) is 0 Å². The molecule has 1 aliphatic rings. The SMILES string of the molecule is CCC(C)(C)Oc1cccc(CNC2CC2)n1. The first kappa shape index (κ1) is 12.4. The molecule has 0 saturated heterocycles. The summed E-state index contributed by atoms with van der Waals surface area (Å²) in [7, 11) is 0. The molecule has 1 aromatic rings. The summed E-state index contributed by atoms with van der Waals surface area (Å²) in [5.41, 5.74) is 0.913. The minimum atomic E-state index is -0.143. The maximum atomic E-state index is 5.88. The Morgan fingerprint density at radius 3 is 2.82 bits per heavy atom. The molecule has 94 valence electrons.